The van der Waals surface area contributed by atoms with E-state index in [-0.39, 0.29) is 16.4 Å². The summed E-state index contributed by atoms with van der Waals surface area (Å²) in [5.74, 6) is -0.162. The second-order valence-electron chi connectivity index (χ2n) is 6.67. The van der Waals surface area contributed by atoms with Crippen LogP contribution in [-0.2, 0) is 10.0 Å². The van der Waals surface area contributed by atoms with Crippen molar-refractivity contribution in [1.82, 2.24) is 4.98 Å². The van der Waals surface area contributed by atoms with Crippen LogP contribution in [0.3, 0.4) is 0 Å². The van der Waals surface area contributed by atoms with E-state index in [4.69, 9.17) is 11.6 Å². The number of nitrogens with zero attached hydrogens (tertiary/aromatic N) is 2. The highest BCUT2D eigenvalue weighted by Gasteiger charge is 2.23. The molecule has 0 spiro atoms. The third-order valence-corrected chi connectivity index (χ3v) is 7.05. The summed E-state index contributed by atoms with van der Waals surface area (Å²) >= 11 is 7.30. The van der Waals surface area contributed by atoms with Crippen LogP contribution in [0.2, 0.25) is 5.02 Å². The monoisotopic (exact) mass is 449 g/mol. The molecule has 152 valence electrons. The van der Waals surface area contributed by atoms with E-state index in [0.717, 1.165) is 10.00 Å². The van der Waals surface area contributed by atoms with Crippen LogP contribution in [0.1, 0.15) is 35.8 Å². The smallest absolute Gasteiger partial charge is 0.264 e. The van der Waals surface area contributed by atoms with Gasteiger partial charge < -0.3 is 0 Å². The number of anilines is 2. The van der Waals surface area contributed by atoms with Crippen molar-refractivity contribution >= 4 is 49.7 Å². The lowest BCUT2D eigenvalue weighted by atomic mass is 10.2. The Morgan fingerprint density at radius 3 is 2.55 bits per heavy atom. The van der Waals surface area contributed by atoms with E-state index in [2.05, 4.69) is 10.3 Å². The number of rotatable bonds is 6. The molecule has 3 aromatic rings. The average Bonchev–Trinajstić information content (AvgIpc) is 3.16. The molecule has 0 unspecified atom stereocenters. The number of carbonyl (C=O) groups is 1. The van der Waals surface area contributed by atoms with Crippen LogP contribution in [0.4, 0.5) is 10.8 Å². The number of carbonyl (C=O) groups excluding carboxylic acids is 1. The number of amides is 1. The third kappa shape index (κ3) is 4.77. The molecule has 1 heterocycles. The van der Waals surface area contributed by atoms with Crippen molar-refractivity contribution in [3.63, 3.8) is 0 Å². The van der Waals surface area contributed by atoms with Crippen LogP contribution >= 0.6 is 22.9 Å². The molecule has 0 bridgehead atoms. The maximum absolute atomic E-state index is 13.0. The molecule has 0 radical (unpaired) electrons. The van der Waals surface area contributed by atoms with E-state index < -0.39 is 15.9 Å². The molecule has 1 N–H and O–H groups in total. The fraction of sp³-hybridized carbons (Fsp3) is 0.200. The van der Waals surface area contributed by atoms with Crippen LogP contribution < -0.4 is 9.62 Å². The van der Waals surface area contributed by atoms with Gasteiger partial charge in [-0.15, -0.1) is 11.3 Å². The fourth-order valence-electron chi connectivity index (χ4n) is 2.54. The van der Waals surface area contributed by atoms with Crippen molar-refractivity contribution < 1.29 is 13.2 Å². The topological polar surface area (TPSA) is 79.4 Å². The molecule has 3 rings (SSSR count). The molecule has 0 saturated heterocycles. The molecule has 2 aromatic carbocycles. The Bertz CT molecular complexity index is 1140. The molecule has 9 heteroatoms. The summed E-state index contributed by atoms with van der Waals surface area (Å²) in [6.07, 6.45) is 0. The van der Waals surface area contributed by atoms with Crippen LogP contribution in [-0.4, -0.2) is 26.4 Å². The number of benzene rings is 2. The zero-order valence-corrected chi connectivity index (χ0v) is 18.5. The quantitative estimate of drug-likeness (QED) is 0.574. The number of nitrogens with one attached hydrogen (secondary N) is 1. The summed E-state index contributed by atoms with van der Waals surface area (Å²) in [7, 11) is -2.42. The van der Waals surface area contributed by atoms with Crippen molar-refractivity contribution in [2.75, 3.05) is 16.7 Å². The molecule has 0 fully saturated rings. The first-order valence-corrected chi connectivity index (χ1v) is 11.5. The van der Waals surface area contributed by atoms with Crippen molar-refractivity contribution in [2.24, 2.45) is 0 Å². The average molecular weight is 450 g/mol. The predicted molar refractivity (Wildman–Crippen MR) is 118 cm³/mol. The Balaban J connectivity index is 1.84. The Morgan fingerprint density at radius 2 is 1.90 bits per heavy atom. The standard InChI is InChI=1S/C20H20ClN3O3S2/c1-13(2)18-12-28-20(22-18)23-19(25)14-6-4-9-17(10-14)29(26,27)24(3)16-8-5-7-15(21)11-16/h4-13H,1-3H3,(H,22,23,25). The normalized spacial score (nSPS) is 11.5. The van der Waals surface area contributed by atoms with Gasteiger partial charge in [-0.1, -0.05) is 37.6 Å². The van der Waals surface area contributed by atoms with E-state index in [1.165, 1.54) is 36.6 Å². The van der Waals surface area contributed by atoms with E-state index >= 15 is 0 Å². The van der Waals surface area contributed by atoms with Gasteiger partial charge in [-0.3, -0.25) is 14.4 Å². The molecule has 0 saturated carbocycles. The predicted octanol–water partition coefficient (Wildman–Crippen LogP) is 5.00. The minimum absolute atomic E-state index is 0.00892. The molecule has 0 aliphatic carbocycles. The molecule has 6 nitrogen and oxygen atoms in total. The summed E-state index contributed by atoms with van der Waals surface area (Å²) in [5.41, 5.74) is 1.55. The van der Waals surface area contributed by atoms with Gasteiger partial charge in [0, 0.05) is 23.0 Å². The Morgan fingerprint density at radius 1 is 1.17 bits per heavy atom. The van der Waals surface area contributed by atoms with Gasteiger partial charge in [0.2, 0.25) is 0 Å². The van der Waals surface area contributed by atoms with E-state index in [1.54, 1.807) is 30.3 Å². The highest BCUT2D eigenvalue weighted by atomic mass is 35.5. The highest BCUT2D eigenvalue weighted by Crippen LogP contribution is 2.26. The lowest BCUT2D eigenvalue weighted by molar-refractivity contribution is 0.102. The first kappa shape index (κ1) is 21.3. The number of sulfonamides is 1. The van der Waals surface area contributed by atoms with Crippen molar-refractivity contribution in [3.05, 3.63) is 70.2 Å². The third-order valence-electron chi connectivity index (χ3n) is 4.26. The summed E-state index contributed by atoms with van der Waals surface area (Å²) in [6, 6.07) is 12.4. The van der Waals surface area contributed by atoms with Gasteiger partial charge in [0.25, 0.3) is 15.9 Å². The van der Waals surface area contributed by atoms with Crippen molar-refractivity contribution in [1.29, 1.82) is 0 Å². The number of halogens is 1. The summed E-state index contributed by atoms with van der Waals surface area (Å²) < 4.78 is 27.1. The van der Waals surface area contributed by atoms with Gasteiger partial charge >= 0.3 is 0 Å². The zero-order chi connectivity index (χ0) is 21.2. The van der Waals surface area contributed by atoms with Crippen LogP contribution in [0.25, 0.3) is 0 Å². The zero-order valence-electron chi connectivity index (χ0n) is 16.1. The lowest BCUT2D eigenvalue weighted by Gasteiger charge is -2.20. The minimum Gasteiger partial charge on any atom is -0.298 e. The van der Waals surface area contributed by atoms with Gasteiger partial charge in [0.1, 0.15) is 0 Å². The van der Waals surface area contributed by atoms with Crippen molar-refractivity contribution in [3.8, 4) is 0 Å². The number of aromatic nitrogens is 1. The SMILES string of the molecule is CC(C)c1csc(NC(=O)c2cccc(S(=O)(=O)N(C)c3cccc(Cl)c3)c2)n1. The van der Waals surface area contributed by atoms with Crippen LogP contribution in [0.15, 0.2) is 58.8 Å². The molecule has 0 aliphatic rings. The van der Waals surface area contributed by atoms with Gasteiger partial charge in [-0.05, 0) is 42.3 Å². The first-order valence-electron chi connectivity index (χ1n) is 8.80. The Hall–Kier alpha value is -2.42. The molecular formula is C20H20ClN3O3S2. The van der Waals surface area contributed by atoms with Crippen LogP contribution in [0.5, 0.6) is 0 Å². The van der Waals surface area contributed by atoms with E-state index in [9.17, 15) is 13.2 Å². The van der Waals surface area contributed by atoms with Gasteiger partial charge in [-0.2, -0.15) is 0 Å². The number of thiazole rings is 1. The first-order chi connectivity index (χ1) is 13.7. The number of hydrogen-bond donors (Lipinski definition) is 1. The maximum atomic E-state index is 13.0. The maximum Gasteiger partial charge on any atom is 0.264 e. The van der Waals surface area contributed by atoms with Gasteiger partial charge in [-0.25, -0.2) is 13.4 Å². The Kier molecular flexibility index (Phi) is 6.26. The Labute approximate surface area is 179 Å². The van der Waals surface area contributed by atoms with Gasteiger partial charge in [0.05, 0.1) is 16.3 Å². The van der Waals surface area contributed by atoms with Gasteiger partial charge in [0.15, 0.2) is 5.13 Å². The van der Waals surface area contributed by atoms with Crippen LogP contribution in [0, 0.1) is 0 Å². The second kappa shape index (κ2) is 8.52. The highest BCUT2D eigenvalue weighted by molar-refractivity contribution is 7.92. The molecule has 29 heavy (non-hydrogen) atoms. The largest absolute Gasteiger partial charge is 0.298 e. The molecule has 1 amide bonds. The molecule has 1 aromatic heterocycles. The van der Waals surface area contributed by atoms with E-state index in [0.29, 0.717) is 15.8 Å². The molecule has 0 atom stereocenters. The summed E-state index contributed by atoms with van der Waals surface area (Å²) in [5, 5.41) is 5.52. The summed E-state index contributed by atoms with van der Waals surface area (Å²) in [4.78, 5) is 17.0. The second-order valence-corrected chi connectivity index (χ2v) is 9.93. The summed E-state index contributed by atoms with van der Waals surface area (Å²) in [6.45, 7) is 4.04. The number of hydrogen-bond acceptors (Lipinski definition) is 5. The minimum atomic E-state index is -3.86. The molecular weight excluding hydrogens is 430 g/mol. The molecule has 0 aliphatic heterocycles. The fourth-order valence-corrected chi connectivity index (χ4v) is 4.83. The van der Waals surface area contributed by atoms with E-state index in [1.807, 2.05) is 19.2 Å². The van der Waals surface area contributed by atoms with Crippen molar-refractivity contribution in [2.45, 2.75) is 24.7 Å². The lowest BCUT2D eigenvalue weighted by Crippen LogP contribution is -2.26.